The average Bonchev–Trinajstić information content (AvgIpc) is 2.77. The Morgan fingerprint density at radius 3 is 2.65 bits per heavy atom. The number of hydrogen-bond donors (Lipinski definition) is 2. The summed E-state index contributed by atoms with van der Waals surface area (Å²) in [4.78, 5) is 22.6. The molecule has 112 valence electrons. The standard InChI is InChI=1S/C14H21NO5/c1-14(2,3)20-13(18)15-11(12(16)17)8-4-6-10-7-5-9-19-10/h5,7,9,11H,4,6,8H2,1-3H3,(H,15,18)(H,16,17). The second-order valence-corrected chi connectivity index (χ2v) is 5.51. The van der Waals surface area contributed by atoms with E-state index in [0.717, 1.165) is 5.76 Å². The van der Waals surface area contributed by atoms with Gasteiger partial charge in [-0.2, -0.15) is 0 Å². The number of carboxylic acid groups (broad SMARTS) is 1. The van der Waals surface area contributed by atoms with Crippen molar-refractivity contribution >= 4 is 12.1 Å². The molecule has 6 nitrogen and oxygen atoms in total. The maximum Gasteiger partial charge on any atom is 0.408 e. The van der Waals surface area contributed by atoms with Gasteiger partial charge in [0.05, 0.1) is 6.26 Å². The Bertz CT molecular complexity index is 433. The van der Waals surface area contributed by atoms with Gasteiger partial charge in [0.25, 0.3) is 0 Å². The van der Waals surface area contributed by atoms with Crippen molar-refractivity contribution in [2.24, 2.45) is 0 Å². The first-order valence-electron chi connectivity index (χ1n) is 6.52. The number of amides is 1. The molecule has 6 heteroatoms. The summed E-state index contributed by atoms with van der Waals surface area (Å²) in [6.07, 6.45) is 2.40. The van der Waals surface area contributed by atoms with Gasteiger partial charge in [0.15, 0.2) is 0 Å². The molecule has 0 aromatic carbocycles. The first-order chi connectivity index (χ1) is 9.28. The van der Waals surface area contributed by atoms with E-state index in [1.165, 1.54) is 0 Å². The van der Waals surface area contributed by atoms with E-state index in [0.29, 0.717) is 19.3 Å². The van der Waals surface area contributed by atoms with Gasteiger partial charge in [0.1, 0.15) is 17.4 Å². The normalized spacial score (nSPS) is 12.8. The summed E-state index contributed by atoms with van der Waals surface area (Å²) in [5.41, 5.74) is -0.651. The molecule has 0 aliphatic heterocycles. The maximum absolute atomic E-state index is 11.6. The molecule has 1 atom stereocenters. The second-order valence-electron chi connectivity index (χ2n) is 5.51. The summed E-state index contributed by atoms with van der Waals surface area (Å²) in [5.74, 6) is -0.276. The number of aliphatic carboxylic acids is 1. The summed E-state index contributed by atoms with van der Waals surface area (Å²) in [6.45, 7) is 5.16. The lowest BCUT2D eigenvalue weighted by Gasteiger charge is -2.21. The lowest BCUT2D eigenvalue weighted by atomic mass is 10.1. The highest BCUT2D eigenvalue weighted by atomic mass is 16.6. The topological polar surface area (TPSA) is 88.8 Å². The van der Waals surface area contributed by atoms with E-state index >= 15 is 0 Å². The van der Waals surface area contributed by atoms with Crippen molar-refractivity contribution in [2.45, 2.75) is 51.7 Å². The van der Waals surface area contributed by atoms with Gasteiger partial charge in [0, 0.05) is 6.42 Å². The predicted octanol–water partition coefficient (Wildman–Crippen LogP) is 2.58. The van der Waals surface area contributed by atoms with Gasteiger partial charge < -0.3 is 19.6 Å². The molecule has 1 heterocycles. The zero-order valence-corrected chi connectivity index (χ0v) is 12.0. The van der Waals surface area contributed by atoms with Gasteiger partial charge in [-0.05, 0) is 45.7 Å². The highest BCUT2D eigenvalue weighted by Crippen LogP contribution is 2.10. The summed E-state index contributed by atoms with van der Waals surface area (Å²) < 4.78 is 10.2. The smallest absolute Gasteiger partial charge is 0.408 e. The zero-order chi connectivity index (χ0) is 15.2. The first kappa shape index (κ1) is 16.1. The Kier molecular flexibility index (Phi) is 5.61. The average molecular weight is 283 g/mol. The molecule has 20 heavy (non-hydrogen) atoms. The predicted molar refractivity (Wildman–Crippen MR) is 72.4 cm³/mol. The lowest BCUT2D eigenvalue weighted by molar-refractivity contribution is -0.139. The molecule has 1 unspecified atom stereocenters. The summed E-state index contributed by atoms with van der Waals surface area (Å²) in [7, 11) is 0. The van der Waals surface area contributed by atoms with Gasteiger partial charge in [0.2, 0.25) is 0 Å². The van der Waals surface area contributed by atoms with Crippen LogP contribution in [-0.4, -0.2) is 28.8 Å². The Balaban J connectivity index is 2.40. The fourth-order valence-corrected chi connectivity index (χ4v) is 1.64. The van der Waals surface area contributed by atoms with Crippen LogP contribution in [0.2, 0.25) is 0 Å². The molecule has 0 fully saturated rings. The van der Waals surface area contributed by atoms with Gasteiger partial charge in [-0.3, -0.25) is 0 Å². The molecule has 1 aromatic rings. The Morgan fingerprint density at radius 1 is 1.45 bits per heavy atom. The van der Waals surface area contributed by atoms with Crippen molar-refractivity contribution < 1.29 is 23.8 Å². The minimum atomic E-state index is -1.07. The number of aryl methyl sites for hydroxylation is 1. The van der Waals surface area contributed by atoms with Crippen LogP contribution in [-0.2, 0) is 16.0 Å². The molecular formula is C14H21NO5. The van der Waals surface area contributed by atoms with Crippen molar-refractivity contribution in [1.82, 2.24) is 5.32 Å². The Morgan fingerprint density at radius 2 is 2.15 bits per heavy atom. The fourth-order valence-electron chi connectivity index (χ4n) is 1.64. The second kappa shape index (κ2) is 6.98. The SMILES string of the molecule is CC(C)(C)OC(=O)NC(CCCc1ccco1)C(=O)O. The molecule has 1 rings (SSSR count). The zero-order valence-electron chi connectivity index (χ0n) is 12.0. The van der Waals surface area contributed by atoms with Crippen LogP contribution in [0.25, 0.3) is 0 Å². The summed E-state index contributed by atoms with van der Waals surface area (Å²) in [6, 6.07) is 2.65. The molecule has 0 aliphatic rings. The molecule has 1 amide bonds. The van der Waals surface area contributed by atoms with Gasteiger partial charge in [-0.1, -0.05) is 0 Å². The largest absolute Gasteiger partial charge is 0.480 e. The minimum Gasteiger partial charge on any atom is -0.480 e. The van der Waals surface area contributed by atoms with E-state index in [2.05, 4.69) is 5.32 Å². The maximum atomic E-state index is 11.6. The monoisotopic (exact) mass is 283 g/mol. The van der Waals surface area contributed by atoms with Crippen LogP contribution in [0.4, 0.5) is 4.79 Å². The molecule has 1 aromatic heterocycles. The quantitative estimate of drug-likeness (QED) is 0.837. The summed E-state index contributed by atoms with van der Waals surface area (Å²) >= 11 is 0. The van der Waals surface area contributed by atoms with Crippen molar-refractivity contribution in [3.05, 3.63) is 24.2 Å². The van der Waals surface area contributed by atoms with Crippen LogP contribution in [0, 0.1) is 0 Å². The van der Waals surface area contributed by atoms with E-state index < -0.39 is 23.7 Å². The Hall–Kier alpha value is -1.98. The van der Waals surface area contributed by atoms with E-state index in [9.17, 15) is 9.59 Å². The third kappa shape index (κ3) is 6.26. The molecule has 2 N–H and O–H groups in total. The van der Waals surface area contributed by atoms with E-state index in [-0.39, 0.29) is 0 Å². The molecule has 0 bridgehead atoms. The van der Waals surface area contributed by atoms with E-state index in [4.69, 9.17) is 14.3 Å². The van der Waals surface area contributed by atoms with Crippen LogP contribution in [0.1, 0.15) is 39.4 Å². The third-order valence-electron chi connectivity index (χ3n) is 2.49. The van der Waals surface area contributed by atoms with Crippen LogP contribution in [0.15, 0.2) is 22.8 Å². The molecule has 0 aliphatic carbocycles. The highest BCUT2D eigenvalue weighted by Gasteiger charge is 2.23. The van der Waals surface area contributed by atoms with Crippen LogP contribution >= 0.6 is 0 Å². The number of ether oxygens (including phenoxy) is 1. The van der Waals surface area contributed by atoms with Crippen molar-refractivity contribution in [1.29, 1.82) is 0 Å². The van der Waals surface area contributed by atoms with Gasteiger partial charge >= 0.3 is 12.1 Å². The highest BCUT2D eigenvalue weighted by molar-refractivity contribution is 5.79. The van der Waals surface area contributed by atoms with Crippen LogP contribution in [0.5, 0.6) is 0 Å². The molecule has 0 saturated heterocycles. The number of carbonyl (C=O) groups is 2. The number of nitrogens with one attached hydrogen (secondary N) is 1. The molecule has 0 spiro atoms. The van der Waals surface area contributed by atoms with Crippen LogP contribution < -0.4 is 5.32 Å². The lowest BCUT2D eigenvalue weighted by Crippen LogP contribution is -2.43. The number of alkyl carbamates (subject to hydrolysis) is 1. The number of rotatable bonds is 6. The van der Waals surface area contributed by atoms with Crippen molar-refractivity contribution in [2.75, 3.05) is 0 Å². The van der Waals surface area contributed by atoms with Crippen LogP contribution in [0.3, 0.4) is 0 Å². The van der Waals surface area contributed by atoms with Gasteiger partial charge in [-0.25, -0.2) is 9.59 Å². The van der Waals surface area contributed by atoms with E-state index in [1.807, 2.05) is 6.07 Å². The first-order valence-corrected chi connectivity index (χ1v) is 6.52. The number of carbonyl (C=O) groups excluding carboxylic acids is 1. The summed E-state index contributed by atoms with van der Waals surface area (Å²) in [5, 5.41) is 11.4. The van der Waals surface area contributed by atoms with Gasteiger partial charge in [-0.15, -0.1) is 0 Å². The van der Waals surface area contributed by atoms with Crippen molar-refractivity contribution in [3.63, 3.8) is 0 Å². The molecule has 0 radical (unpaired) electrons. The Labute approximate surface area is 118 Å². The third-order valence-corrected chi connectivity index (χ3v) is 2.49. The van der Waals surface area contributed by atoms with E-state index in [1.54, 1.807) is 33.1 Å². The minimum absolute atomic E-state index is 0.315. The molecular weight excluding hydrogens is 262 g/mol. The number of hydrogen-bond acceptors (Lipinski definition) is 4. The number of carboxylic acids is 1. The number of furan rings is 1. The van der Waals surface area contributed by atoms with Crippen molar-refractivity contribution in [3.8, 4) is 0 Å². The fraction of sp³-hybridized carbons (Fsp3) is 0.571. The molecule has 0 saturated carbocycles.